The van der Waals surface area contributed by atoms with Crippen molar-refractivity contribution in [1.82, 2.24) is 16.0 Å². The van der Waals surface area contributed by atoms with Crippen molar-refractivity contribution in [2.24, 2.45) is 0 Å². The zero-order valence-electron chi connectivity index (χ0n) is 14.1. The second-order valence-corrected chi connectivity index (χ2v) is 4.80. The Labute approximate surface area is 145 Å². The van der Waals surface area contributed by atoms with Crippen LogP contribution in [0.2, 0.25) is 0 Å². The van der Waals surface area contributed by atoms with Crippen LogP contribution in [-0.4, -0.2) is 57.0 Å². The van der Waals surface area contributed by atoms with Crippen molar-refractivity contribution < 1.29 is 28.7 Å². The molecule has 1 aromatic rings. The Kier molecular flexibility index (Phi) is 8.48. The van der Waals surface area contributed by atoms with Crippen molar-refractivity contribution in [3.8, 4) is 5.75 Å². The van der Waals surface area contributed by atoms with Crippen LogP contribution in [0.4, 0.5) is 0 Å². The Morgan fingerprint density at radius 3 is 2.20 bits per heavy atom. The lowest BCUT2D eigenvalue weighted by molar-refractivity contribution is -0.147. The largest absolute Gasteiger partial charge is 0.497 e. The van der Waals surface area contributed by atoms with Crippen LogP contribution in [0.5, 0.6) is 5.75 Å². The van der Waals surface area contributed by atoms with E-state index in [1.54, 1.807) is 31.2 Å². The van der Waals surface area contributed by atoms with Crippen molar-refractivity contribution in [2.45, 2.75) is 6.92 Å². The third kappa shape index (κ3) is 7.82. The van der Waals surface area contributed by atoms with Gasteiger partial charge in [0.2, 0.25) is 5.91 Å². The molecule has 0 unspecified atom stereocenters. The van der Waals surface area contributed by atoms with Gasteiger partial charge in [-0.2, -0.15) is 0 Å². The molecule has 0 aromatic heterocycles. The first kappa shape index (κ1) is 19.9. The van der Waals surface area contributed by atoms with E-state index in [0.717, 1.165) is 0 Å². The molecular weight excluding hydrogens is 330 g/mol. The predicted octanol–water partition coefficient (Wildman–Crippen LogP) is -0.779. The predicted molar refractivity (Wildman–Crippen MR) is 88.0 cm³/mol. The molecule has 0 spiro atoms. The summed E-state index contributed by atoms with van der Waals surface area (Å²) < 4.78 is 9.68. The molecule has 0 saturated carbocycles. The molecule has 9 heteroatoms. The first-order valence-corrected chi connectivity index (χ1v) is 7.57. The van der Waals surface area contributed by atoms with Gasteiger partial charge in [-0.3, -0.25) is 19.2 Å². The Bertz CT molecular complexity index is 615. The first-order valence-electron chi connectivity index (χ1n) is 7.57. The van der Waals surface area contributed by atoms with Crippen LogP contribution in [0.15, 0.2) is 24.3 Å². The van der Waals surface area contributed by atoms with E-state index in [9.17, 15) is 19.2 Å². The Hall–Kier alpha value is -3.10. The van der Waals surface area contributed by atoms with Gasteiger partial charge in [-0.05, 0) is 31.2 Å². The number of esters is 1. The molecule has 0 atom stereocenters. The standard InChI is InChI=1S/C16H21N3O6/c1-3-17-13(20)8-18-14(21)10-25-15(22)9-19-16(23)11-4-6-12(24-2)7-5-11/h4-7H,3,8-10H2,1-2H3,(H,17,20)(H,18,21)(H,19,23). The van der Waals surface area contributed by atoms with Gasteiger partial charge in [0.15, 0.2) is 6.61 Å². The molecule has 1 aromatic carbocycles. The van der Waals surface area contributed by atoms with Crippen molar-refractivity contribution >= 4 is 23.7 Å². The molecule has 0 saturated heterocycles. The average Bonchev–Trinajstić information content (AvgIpc) is 2.63. The number of methoxy groups -OCH3 is 1. The van der Waals surface area contributed by atoms with E-state index in [-0.39, 0.29) is 19.0 Å². The molecule has 0 aliphatic heterocycles. The zero-order chi connectivity index (χ0) is 18.7. The molecule has 3 amide bonds. The monoisotopic (exact) mass is 351 g/mol. The lowest BCUT2D eigenvalue weighted by atomic mass is 10.2. The number of carbonyl (C=O) groups excluding carboxylic acids is 4. The van der Waals surface area contributed by atoms with Crippen LogP contribution in [0.3, 0.4) is 0 Å². The molecule has 3 N–H and O–H groups in total. The zero-order valence-corrected chi connectivity index (χ0v) is 14.1. The number of rotatable bonds is 9. The van der Waals surface area contributed by atoms with Gasteiger partial charge < -0.3 is 25.4 Å². The third-order valence-electron chi connectivity index (χ3n) is 2.93. The van der Waals surface area contributed by atoms with E-state index >= 15 is 0 Å². The van der Waals surface area contributed by atoms with Crippen LogP contribution >= 0.6 is 0 Å². The summed E-state index contributed by atoms with van der Waals surface area (Å²) in [5.41, 5.74) is 0.355. The van der Waals surface area contributed by atoms with Crippen molar-refractivity contribution in [2.75, 3.05) is 33.4 Å². The van der Waals surface area contributed by atoms with Gasteiger partial charge in [-0.1, -0.05) is 0 Å². The minimum atomic E-state index is -0.768. The maximum Gasteiger partial charge on any atom is 0.325 e. The van der Waals surface area contributed by atoms with E-state index in [1.165, 1.54) is 7.11 Å². The Morgan fingerprint density at radius 1 is 0.920 bits per heavy atom. The molecule has 136 valence electrons. The molecule has 9 nitrogen and oxygen atoms in total. The number of amides is 3. The second-order valence-electron chi connectivity index (χ2n) is 4.80. The normalized spacial score (nSPS) is 9.68. The van der Waals surface area contributed by atoms with Gasteiger partial charge in [-0.15, -0.1) is 0 Å². The van der Waals surface area contributed by atoms with Gasteiger partial charge in [0, 0.05) is 12.1 Å². The van der Waals surface area contributed by atoms with Gasteiger partial charge in [0.05, 0.1) is 13.7 Å². The van der Waals surface area contributed by atoms with Crippen LogP contribution in [0.25, 0.3) is 0 Å². The number of hydrogen-bond donors (Lipinski definition) is 3. The molecule has 1 rings (SSSR count). The van der Waals surface area contributed by atoms with Gasteiger partial charge in [0.1, 0.15) is 12.3 Å². The summed E-state index contributed by atoms with van der Waals surface area (Å²) >= 11 is 0. The van der Waals surface area contributed by atoms with E-state index in [1.807, 2.05) is 0 Å². The highest BCUT2D eigenvalue weighted by Gasteiger charge is 2.11. The van der Waals surface area contributed by atoms with Crippen LogP contribution in [-0.2, 0) is 19.1 Å². The fraction of sp³-hybridized carbons (Fsp3) is 0.375. The maximum absolute atomic E-state index is 11.8. The fourth-order valence-corrected chi connectivity index (χ4v) is 1.68. The van der Waals surface area contributed by atoms with Crippen LogP contribution in [0, 0.1) is 0 Å². The van der Waals surface area contributed by atoms with Crippen molar-refractivity contribution in [3.05, 3.63) is 29.8 Å². The molecule has 0 radical (unpaired) electrons. The van der Waals surface area contributed by atoms with Crippen LogP contribution in [0.1, 0.15) is 17.3 Å². The maximum atomic E-state index is 11.8. The Morgan fingerprint density at radius 2 is 1.60 bits per heavy atom. The van der Waals surface area contributed by atoms with E-state index in [4.69, 9.17) is 9.47 Å². The van der Waals surface area contributed by atoms with Crippen molar-refractivity contribution in [3.63, 3.8) is 0 Å². The third-order valence-corrected chi connectivity index (χ3v) is 2.93. The minimum Gasteiger partial charge on any atom is -0.497 e. The molecule has 0 fully saturated rings. The van der Waals surface area contributed by atoms with E-state index in [2.05, 4.69) is 16.0 Å². The number of likely N-dealkylation sites (N-methyl/N-ethyl adjacent to an activating group) is 1. The highest BCUT2D eigenvalue weighted by Crippen LogP contribution is 2.10. The molecular formula is C16H21N3O6. The highest BCUT2D eigenvalue weighted by molar-refractivity contribution is 5.96. The summed E-state index contributed by atoms with van der Waals surface area (Å²) in [7, 11) is 1.51. The number of hydrogen-bond acceptors (Lipinski definition) is 6. The summed E-state index contributed by atoms with van der Waals surface area (Å²) in [4.78, 5) is 45.9. The number of nitrogens with one attached hydrogen (secondary N) is 3. The summed E-state index contributed by atoms with van der Waals surface area (Å²) in [5.74, 6) is -1.57. The lowest BCUT2D eigenvalue weighted by Crippen LogP contribution is -2.39. The SMILES string of the molecule is CCNC(=O)CNC(=O)COC(=O)CNC(=O)c1ccc(OC)cc1. The number of carbonyl (C=O) groups is 4. The minimum absolute atomic E-state index is 0.196. The lowest BCUT2D eigenvalue weighted by Gasteiger charge is -2.08. The summed E-state index contributed by atoms with van der Waals surface area (Å²) in [6.07, 6.45) is 0. The summed E-state index contributed by atoms with van der Waals surface area (Å²) in [5, 5.41) is 7.18. The molecule has 25 heavy (non-hydrogen) atoms. The molecule has 0 bridgehead atoms. The van der Waals surface area contributed by atoms with Crippen molar-refractivity contribution in [1.29, 1.82) is 0 Å². The smallest absolute Gasteiger partial charge is 0.325 e. The topological polar surface area (TPSA) is 123 Å². The first-order chi connectivity index (χ1) is 12.0. The summed E-state index contributed by atoms with van der Waals surface area (Å²) in [6, 6.07) is 6.33. The second kappa shape index (κ2) is 10.6. The van der Waals surface area contributed by atoms with Gasteiger partial charge in [0.25, 0.3) is 11.8 Å². The Balaban J connectivity index is 2.26. The van der Waals surface area contributed by atoms with Crippen LogP contribution < -0.4 is 20.7 Å². The highest BCUT2D eigenvalue weighted by atomic mass is 16.5. The molecule has 0 aliphatic rings. The van der Waals surface area contributed by atoms with E-state index < -0.39 is 24.4 Å². The quantitative estimate of drug-likeness (QED) is 0.502. The fourth-order valence-electron chi connectivity index (χ4n) is 1.68. The number of ether oxygens (including phenoxy) is 2. The van der Waals surface area contributed by atoms with Gasteiger partial charge >= 0.3 is 5.97 Å². The van der Waals surface area contributed by atoms with Gasteiger partial charge in [-0.25, -0.2) is 0 Å². The number of benzene rings is 1. The molecule has 0 aliphatic carbocycles. The average molecular weight is 351 g/mol. The van der Waals surface area contributed by atoms with E-state index in [0.29, 0.717) is 17.9 Å². The summed E-state index contributed by atoms with van der Waals surface area (Å²) in [6.45, 7) is 1.10. The molecule has 0 heterocycles.